The minimum atomic E-state index is -0.955. The summed E-state index contributed by atoms with van der Waals surface area (Å²) in [4.78, 5) is 36.9. The molecule has 7 nitrogen and oxygen atoms in total. The van der Waals surface area contributed by atoms with Crippen molar-refractivity contribution in [1.82, 2.24) is 10.6 Å². The van der Waals surface area contributed by atoms with E-state index < -0.39 is 29.9 Å². The van der Waals surface area contributed by atoms with Gasteiger partial charge in [-0.3, -0.25) is 9.59 Å². The molecule has 1 aliphatic rings. The molecule has 2 unspecified atom stereocenters. The fourth-order valence-corrected chi connectivity index (χ4v) is 4.38. The lowest BCUT2D eigenvalue weighted by molar-refractivity contribution is -0.141. The summed E-state index contributed by atoms with van der Waals surface area (Å²) >= 11 is 0. The zero-order chi connectivity index (χ0) is 25.6. The van der Waals surface area contributed by atoms with Gasteiger partial charge in [0.15, 0.2) is 0 Å². The highest BCUT2D eigenvalue weighted by molar-refractivity contribution is 5.86. The van der Waals surface area contributed by atoms with Crippen LogP contribution in [-0.2, 0) is 14.3 Å². The fourth-order valence-electron chi connectivity index (χ4n) is 4.38. The Balaban J connectivity index is 1.65. The Bertz CT molecular complexity index is 1010. The Hall–Kier alpha value is -3.35. The van der Waals surface area contributed by atoms with Gasteiger partial charge in [-0.2, -0.15) is 0 Å². The molecular weight excluding hydrogens is 444 g/mol. The molecule has 0 bridgehead atoms. The highest BCUT2D eigenvalue weighted by Gasteiger charge is 2.30. The zero-order valence-electron chi connectivity index (χ0n) is 21.0. The molecule has 0 fully saturated rings. The van der Waals surface area contributed by atoms with E-state index in [9.17, 15) is 19.5 Å². The van der Waals surface area contributed by atoms with E-state index in [4.69, 9.17) is 4.74 Å². The first kappa shape index (κ1) is 26.3. The molecule has 3 rings (SSSR count). The maximum absolute atomic E-state index is 12.9. The van der Waals surface area contributed by atoms with E-state index in [1.165, 1.54) is 0 Å². The van der Waals surface area contributed by atoms with E-state index in [0.29, 0.717) is 19.3 Å². The van der Waals surface area contributed by atoms with Crippen molar-refractivity contribution in [2.75, 3.05) is 13.2 Å². The third kappa shape index (κ3) is 6.84. The lowest BCUT2D eigenvalue weighted by Gasteiger charge is -2.24. The van der Waals surface area contributed by atoms with Crippen molar-refractivity contribution in [2.45, 2.75) is 58.9 Å². The number of carbonyl (C=O) groups is 3. The Morgan fingerprint density at radius 2 is 1.57 bits per heavy atom. The van der Waals surface area contributed by atoms with Gasteiger partial charge < -0.3 is 20.5 Å². The van der Waals surface area contributed by atoms with E-state index in [1.54, 1.807) is 6.92 Å². The third-order valence-electron chi connectivity index (χ3n) is 6.50. The minimum absolute atomic E-state index is 0.0169. The molecule has 2 amide bonds. The molecule has 3 N–H and O–H groups in total. The van der Waals surface area contributed by atoms with Gasteiger partial charge in [-0.25, -0.2) is 4.79 Å². The maximum Gasteiger partial charge on any atom is 0.407 e. The number of amides is 2. The topological polar surface area (TPSA) is 105 Å². The number of carboxylic acids is 1. The first-order valence-electron chi connectivity index (χ1n) is 12.2. The van der Waals surface area contributed by atoms with Crippen LogP contribution in [0.15, 0.2) is 48.5 Å². The molecule has 0 aliphatic heterocycles. The van der Waals surface area contributed by atoms with Crippen LogP contribution in [0.4, 0.5) is 4.79 Å². The molecule has 0 saturated heterocycles. The second kappa shape index (κ2) is 11.4. The lowest BCUT2D eigenvalue weighted by Crippen LogP contribution is -2.48. The second-order valence-electron chi connectivity index (χ2n) is 10.3. The number of ether oxygens (including phenoxy) is 1. The van der Waals surface area contributed by atoms with Gasteiger partial charge in [-0.05, 0) is 46.9 Å². The van der Waals surface area contributed by atoms with Crippen LogP contribution in [0.1, 0.15) is 64.0 Å². The molecule has 0 spiro atoms. The molecule has 0 aromatic heterocycles. The van der Waals surface area contributed by atoms with Crippen LogP contribution in [0.25, 0.3) is 11.1 Å². The first-order valence-corrected chi connectivity index (χ1v) is 12.2. The molecule has 2 aromatic rings. The highest BCUT2D eigenvalue weighted by Crippen LogP contribution is 2.44. The predicted molar refractivity (Wildman–Crippen MR) is 135 cm³/mol. The van der Waals surface area contributed by atoms with Gasteiger partial charge in [0.05, 0.1) is 5.92 Å². The molecule has 1 aliphatic carbocycles. The number of carboxylic acid groups (broad SMARTS) is 1. The van der Waals surface area contributed by atoms with Crippen molar-refractivity contribution in [1.29, 1.82) is 0 Å². The second-order valence-corrected chi connectivity index (χ2v) is 10.3. The van der Waals surface area contributed by atoms with Crippen molar-refractivity contribution in [2.24, 2.45) is 11.3 Å². The van der Waals surface area contributed by atoms with Crippen LogP contribution >= 0.6 is 0 Å². The molecule has 0 saturated carbocycles. The van der Waals surface area contributed by atoms with Crippen molar-refractivity contribution in [3.8, 4) is 11.1 Å². The number of aliphatic carboxylic acids is 1. The van der Waals surface area contributed by atoms with Gasteiger partial charge in [-0.1, -0.05) is 76.2 Å². The van der Waals surface area contributed by atoms with Gasteiger partial charge in [0.25, 0.3) is 0 Å². The summed E-state index contributed by atoms with van der Waals surface area (Å²) in [5.74, 6) is -2.10. The molecule has 0 heterocycles. The summed E-state index contributed by atoms with van der Waals surface area (Å²) in [6, 6.07) is 15.4. The van der Waals surface area contributed by atoms with Crippen molar-refractivity contribution < 1.29 is 24.2 Å². The van der Waals surface area contributed by atoms with Crippen LogP contribution in [0.3, 0.4) is 0 Å². The van der Waals surface area contributed by atoms with E-state index in [0.717, 1.165) is 22.3 Å². The predicted octanol–water partition coefficient (Wildman–Crippen LogP) is 4.95. The van der Waals surface area contributed by atoms with E-state index in [-0.39, 0.29) is 24.5 Å². The van der Waals surface area contributed by atoms with E-state index >= 15 is 0 Å². The average molecular weight is 481 g/mol. The summed E-state index contributed by atoms with van der Waals surface area (Å²) < 4.78 is 5.61. The van der Waals surface area contributed by atoms with Crippen LogP contribution in [-0.4, -0.2) is 42.3 Å². The number of hydrogen-bond donors (Lipinski definition) is 3. The van der Waals surface area contributed by atoms with Gasteiger partial charge in [-0.15, -0.1) is 0 Å². The third-order valence-corrected chi connectivity index (χ3v) is 6.50. The number of hydrogen-bond acceptors (Lipinski definition) is 4. The maximum atomic E-state index is 12.9. The SMILES string of the molecule is CCC(CNC(=O)C(CCC(C)(C)C)NC(=O)OCC1c2ccccc2-c2ccccc21)C(=O)O. The summed E-state index contributed by atoms with van der Waals surface area (Å²) in [7, 11) is 0. The molecule has 2 atom stereocenters. The number of benzene rings is 2. The summed E-state index contributed by atoms with van der Waals surface area (Å²) in [6.07, 6.45) is 0.863. The number of fused-ring (bicyclic) bond motifs is 3. The van der Waals surface area contributed by atoms with Crippen molar-refractivity contribution in [3.05, 3.63) is 59.7 Å². The van der Waals surface area contributed by atoms with Gasteiger partial charge >= 0.3 is 12.1 Å². The van der Waals surface area contributed by atoms with E-state index in [1.807, 2.05) is 36.4 Å². The minimum Gasteiger partial charge on any atom is -0.481 e. The quantitative estimate of drug-likeness (QED) is 0.446. The number of rotatable bonds is 10. The monoisotopic (exact) mass is 480 g/mol. The summed E-state index contributed by atoms with van der Waals surface area (Å²) in [5, 5.41) is 14.7. The van der Waals surface area contributed by atoms with Crippen molar-refractivity contribution in [3.63, 3.8) is 0 Å². The molecule has 35 heavy (non-hydrogen) atoms. The molecule has 2 aromatic carbocycles. The largest absolute Gasteiger partial charge is 0.481 e. The number of alkyl carbamates (subject to hydrolysis) is 1. The van der Waals surface area contributed by atoms with Gasteiger partial charge in [0.1, 0.15) is 12.6 Å². The Morgan fingerprint density at radius 1 is 1.00 bits per heavy atom. The van der Waals surface area contributed by atoms with Crippen molar-refractivity contribution >= 4 is 18.0 Å². The van der Waals surface area contributed by atoms with Crippen LogP contribution in [0.5, 0.6) is 0 Å². The smallest absolute Gasteiger partial charge is 0.407 e. The average Bonchev–Trinajstić information content (AvgIpc) is 3.13. The lowest BCUT2D eigenvalue weighted by atomic mass is 9.88. The fraction of sp³-hybridized carbons (Fsp3) is 0.464. The molecule has 0 radical (unpaired) electrons. The first-order chi connectivity index (χ1) is 16.6. The van der Waals surface area contributed by atoms with Crippen LogP contribution < -0.4 is 10.6 Å². The normalized spacial score (nSPS) is 14.4. The van der Waals surface area contributed by atoms with E-state index in [2.05, 4.69) is 43.5 Å². The van der Waals surface area contributed by atoms with Gasteiger partial charge in [0.2, 0.25) is 5.91 Å². The Kier molecular flexibility index (Phi) is 8.54. The molecule has 188 valence electrons. The van der Waals surface area contributed by atoms with Crippen LogP contribution in [0.2, 0.25) is 0 Å². The van der Waals surface area contributed by atoms with Gasteiger partial charge in [0, 0.05) is 12.5 Å². The highest BCUT2D eigenvalue weighted by atomic mass is 16.5. The zero-order valence-corrected chi connectivity index (χ0v) is 21.0. The Morgan fingerprint density at radius 3 is 2.09 bits per heavy atom. The summed E-state index contributed by atoms with van der Waals surface area (Å²) in [5.41, 5.74) is 4.48. The van der Waals surface area contributed by atoms with Crippen LogP contribution in [0, 0.1) is 11.3 Å². The standard InChI is InChI=1S/C28H36N2O5/c1-5-18(26(32)33)16-29-25(31)24(14-15-28(2,3)4)30-27(34)35-17-23-21-12-8-6-10-19(21)20-11-7-9-13-22(20)23/h6-13,18,23-24H,5,14-17H2,1-4H3,(H,29,31)(H,30,34)(H,32,33). The molecule has 7 heteroatoms. The molecular formula is C28H36N2O5. The summed E-state index contributed by atoms with van der Waals surface area (Å²) in [6.45, 7) is 8.12. The Labute approximate surface area is 207 Å². The number of carbonyl (C=O) groups excluding carboxylic acids is 2. The number of nitrogens with one attached hydrogen (secondary N) is 2.